The van der Waals surface area contributed by atoms with Gasteiger partial charge in [0.25, 0.3) is 0 Å². The molecule has 1 N–H and O–H groups in total. The molecule has 9 heteroatoms. The Morgan fingerprint density at radius 2 is 2.09 bits per heavy atom. The van der Waals surface area contributed by atoms with Gasteiger partial charge >= 0.3 is 18.0 Å². The Bertz CT molecular complexity index is 593. The molecule has 22 heavy (non-hydrogen) atoms. The zero-order valence-electron chi connectivity index (χ0n) is 11.8. The molecule has 1 atom stereocenters. The number of aromatic nitrogens is 1. The van der Waals surface area contributed by atoms with Crippen molar-refractivity contribution in [3.63, 3.8) is 0 Å². The van der Waals surface area contributed by atoms with E-state index in [-0.39, 0.29) is 12.1 Å². The average molecular weight is 314 g/mol. The fourth-order valence-corrected chi connectivity index (χ4v) is 1.45. The summed E-state index contributed by atoms with van der Waals surface area (Å²) in [5.41, 5.74) is -1.13. The highest BCUT2D eigenvalue weighted by Crippen LogP contribution is 2.27. The van der Waals surface area contributed by atoms with E-state index < -0.39 is 29.7 Å². The summed E-state index contributed by atoms with van der Waals surface area (Å²) in [4.78, 5) is 27.7. The van der Waals surface area contributed by atoms with Crippen LogP contribution in [-0.2, 0) is 15.8 Å². The highest BCUT2D eigenvalue weighted by Gasteiger charge is 2.32. The first kappa shape index (κ1) is 17.4. The number of amides is 2. The normalized spacial score (nSPS) is 12.2. The number of pyridine rings is 1. The van der Waals surface area contributed by atoms with Crippen molar-refractivity contribution in [1.29, 1.82) is 5.26 Å². The monoisotopic (exact) mass is 314 g/mol. The van der Waals surface area contributed by atoms with Crippen molar-refractivity contribution in [2.75, 3.05) is 12.4 Å². The van der Waals surface area contributed by atoms with Gasteiger partial charge in [0.1, 0.15) is 5.69 Å². The van der Waals surface area contributed by atoms with Gasteiger partial charge < -0.3 is 10.2 Å². The van der Waals surface area contributed by atoms with Gasteiger partial charge in [0.2, 0.25) is 0 Å². The number of hydrogen-bond donors (Lipinski definition) is 1. The topological polar surface area (TPSA) is 86.1 Å². The van der Waals surface area contributed by atoms with Gasteiger partial charge in [-0.25, -0.2) is 4.98 Å². The van der Waals surface area contributed by atoms with Crippen LogP contribution in [0.5, 0.6) is 0 Å². The number of nitriles is 1. The molecule has 1 aromatic heterocycles. The molecule has 6 nitrogen and oxygen atoms in total. The van der Waals surface area contributed by atoms with E-state index in [1.165, 1.54) is 7.05 Å². The highest BCUT2D eigenvalue weighted by molar-refractivity contribution is 6.39. The standard InChI is InChI=1S/C13H13F3N4O2/c1-8(5-6-17)20(2)12(22)11(21)19-9-3-4-10(18-7-9)13(14,15)16/h3-4,7-8H,5H2,1-2H3,(H,19,21)/t8-/m0/s1. The minimum absolute atomic E-state index is 0.0345. The van der Waals surface area contributed by atoms with Crippen LogP contribution >= 0.6 is 0 Å². The smallest absolute Gasteiger partial charge is 0.334 e. The van der Waals surface area contributed by atoms with Gasteiger partial charge in [-0.2, -0.15) is 18.4 Å². The Morgan fingerprint density at radius 1 is 1.45 bits per heavy atom. The Morgan fingerprint density at radius 3 is 2.55 bits per heavy atom. The predicted octanol–water partition coefficient (Wildman–Crippen LogP) is 1.80. The number of hydrogen-bond acceptors (Lipinski definition) is 4. The third-order valence-corrected chi connectivity index (χ3v) is 2.87. The van der Waals surface area contributed by atoms with E-state index in [1.807, 2.05) is 6.07 Å². The molecule has 1 heterocycles. The Kier molecular flexibility index (Phi) is 5.45. The van der Waals surface area contributed by atoms with Gasteiger partial charge in [-0.15, -0.1) is 0 Å². The number of alkyl halides is 3. The summed E-state index contributed by atoms with van der Waals surface area (Å²) < 4.78 is 37.0. The summed E-state index contributed by atoms with van der Waals surface area (Å²) in [6, 6.07) is 3.10. The first-order valence-electron chi connectivity index (χ1n) is 6.15. The fourth-order valence-electron chi connectivity index (χ4n) is 1.45. The SMILES string of the molecule is C[C@@H](CC#N)N(C)C(=O)C(=O)Nc1ccc(C(F)(F)F)nc1. The van der Waals surface area contributed by atoms with Crippen LogP contribution in [0.1, 0.15) is 19.0 Å². The van der Waals surface area contributed by atoms with Crippen molar-refractivity contribution in [2.45, 2.75) is 25.6 Å². The van der Waals surface area contributed by atoms with Gasteiger partial charge in [-0.3, -0.25) is 9.59 Å². The Hall–Kier alpha value is -2.63. The van der Waals surface area contributed by atoms with Crippen molar-refractivity contribution in [1.82, 2.24) is 9.88 Å². The van der Waals surface area contributed by atoms with Gasteiger partial charge in [0, 0.05) is 13.1 Å². The van der Waals surface area contributed by atoms with E-state index in [0.717, 1.165) is 17.2 Å². The zero-order valence-corrected chi connectivity index (χ0v) is 11.8. The summed E-state index contributed by atoms with van der Waals surface area (Å²) in [5.74, 6) is -1.92. The fraction of sp³-hybridized carbons (Fsp3) is 0.385. The first-order chi connectivity index (χ1) is 10.2. The second-order valence-corrected chi connectivity index (χ2v) is 4.51. The molecule has 0 aliphatic heterocycles. The molecule has 0 radical (unpaired) electrons. The number of halogens is 3. The van der Waals surface area contributed by atoms with Crippen LogP contribution in [0.15, 0.2) is 18.3 Å². The maximum atomic E-state index is 12.3. The molecule has 0 aromatic carbocycles. The third kappa shape index (κ3) is 4.44. The molecule has 0 spiro atoms. The summed E-state index contributed by atoms with van der Waals surface area (Å²) in [7, 11) is 1.36. The van der Waals surface area contributed by atoms with Crippen molar-refractivity contribution < 1.29 is 22.8 Å². The molecule has 1 aromatic rings. The minimum Gasteiger partial charge on any atom is -0.334 e. The van der Waals surface area contributed by atoms with Crippen LogP contribution in [-0.4, -0.2) is 34.8 Å². The van der Waals surface area contributed by atoms with Crippen LogP contribution < -0.4 is 5.32 Å². The molecule has 0 aliphatic carbocycles. The van der Waals surface area contributed by atoms with Gasteiger partial charge in [-0.1, -0.05) is 0 Å². The second kappa shape index (κ2) is 6.89. The average Bonchev–Trinajstić information content (AvgIpc) is 2.45. The van der Waals surface area contributed by atoms with Gasteiger partial charge in [0.15, 0.2) is 0 Å². The zero-order chi connectivity index (χ0) is 16.9. The van der Waals surface area contributed by atoms with Crippen LogP contribution in [0.4, 0.5) is 18.9 Å². The molecule has 0 aliphatic rings. The molecular weight excluding hydrogens is 301 g/mol. The maximum absolute atomic E-state index is 12.3. The lowest BCUT2D eigenvalue weighted by Crippen LogP contribution is -2.42. The number of anilines is 1. The molecule has 0 bridgehead atoms. The Balaban J connectivity index is 2.73. The highest BCUT2D eigenvalue weighted by atomic mass is 19.4. The summed E-state index contributed by atoms with van der Waals surface area (Å²) in [6.07, 6.45) is -3.71. The lowest BCUT2D eigenvalue weighted by atomic mass is 10.2. The lowest BCUT2D eigenvalue weighted by Gasteiger charge is -2.22. The predicted molar refractivity (Wildman–Crippen MR) is 70.3 cm³/mol. The molecular formula is C13H13F3N4O2. The lowest BCUT2D eigenvalue weighted by molar-refractivity contribution is -0.143. The van der Waals surface area contributed by atoms with Crippen LogP contribution in [0, 0.1) is 11.3 Å². The van der Waals surface area contributed by atoms with Crippen molar-refractivity contribution in [3.8, 4) is 6.07 Å². The molecule has 0 saturated heterocycles. The number of nitrogens with one attached hydrogen (secondary N) is 1. The Labute approximate surface area is 124 Å². The second-order valence-electron chi connectivity index (χ2n) is 4.51. The number of rotatable bonds is 3. The molecule has 0 fully saturated rings. The van der Waals surface area contributed by atoms with E-state index in [9.17, 15) is 22.8 Å². The summed E-state index contributed by atoms with van der Waals surface area (Å²) in [5, 5.41) is 10.7. The van der Waals surface area contributed by atoms with E-state index >= 15 is 0 Å². The largest absolute Gasteiger partial charge is 0.433 e. The molecule has 118 valence electrons. The van der Waals surface area contributed by atoms with Crippen molar-refractivity contribution in [3.05, 3.63) is 24.0 Å². The summed E-state index contributed by atoms with van der Waals surface area (Å²) in [6.45, 7) is 1.59. The van der Waals surface area contributed by atoms with Crippen LogP contribution in [0.3, 0.4) is 0 Å². The van der Waals surface area contributed by atoms with E-state index in [4.69, 9.17) is 5.26 Å². The van der Waals surface area contributed by atoms with Crippen molar-refractivity contribution in [2.24, 2.45) is 0 Å². The minimum atomic E-state index is -4.58. The van der Waals surface area contributed by atoms with Gasteiger partial charge in [-0.05, 0) is 19.1 Å². The molecule has 0 unspecified atom stereocenters. The van der Waals surface area contributed by atoms with Crippen LogP contribution in [0.25, 0.3) is 0 Å². The van der Waals surface area contributed by atoms with Crippen molar-refractivity contribution >= 4 is 17.5 Å². The third-order valence-electron chi connectivity index (χ3n) is 2.87. The molecule has 1 rings (SSSR count). The molecule has 0 saturated carbocycles. The first-order valence-corrected chi connectivity index (χ1v) is 6.15. The number of carbonyl (C=O) groups excluding carboxylic acids is 2. The number of carbonyl (C=O) groups is 2. The van der Waals surface area contributed by atoms with E-state index in [2.05, 4.69) is 10.3 Å². The van der Waals surface area contributed by atoms with E-state index in [0.29, 0.717) is 6.07 Å². The molecule has 2 amide bonds. The summed E-state index contributed by atoms with van der Waals surface area (Å²) >= 11 is 0. The maximum Gasteiger partial charge on any atom is 0.433 e. The van der Waals surface area contributed by atoms with E-state index in [1.54, 1.807) is 6.92 Å². The van der Waals surface area contributed by atoms with Gasteiger partial charge in [0.05, 0.1) is 24.4 Å². The van der Waals surface area contributed by atoms with Crippen LogP contribution in [0.2, 0.25) is 0 Å². The quantitative estimate of drug-likeness (QED) is 0.862. The number of nitrogens with zero attached hydrogens (tertiary/aromatic N) is 3. The number of likely N-dealkylation sites (N-methyl/N-ethyl adjacent to an activating group) is 1.